The van der Waals surface area contributed by atoms with Crippen molar-refractivity contribution in [2.24, 2.45) is 0 Å². The lowest BCUT2D eigenvalue weighted by Crippen LogP contribution is -3.10. The van der Waals surface area contributed by atoms with Gasteiger partial charge < -0.3 is 25.2 Å². The summed E-state index contributed by atoms with van der Waals surface area (Å²) in [4.78, 5) is 24.5. The van der Waals surface area contributed by atoms with Crippen molar-refractivity contribution in [3.8, 4) is 0 Å². The normalized spacial score (nSPS) is 12.2. The van der Waals surface area contributed by atoms with Crippen molar-refractivity contribution in [2.45, 2.75) is 13.8 Å². The number of carbonyl (C=O) groups excluding carboxylic acids is 2. The standard InChI is InChI=1S/C12H18N2O4S/c1-7-8(2)19-11(10(7)12(17)18)13-9(16)6-14(3)4-5-15/h15H,4-6H2,1-3H3,(H,13,16)(H,17,18). The van der Waals surface area contributed by atoms with Crippen LogP contribution in [-0.4, -0.2) is 43.7 Å². The molecule has 0 aromatic carbocycles. The van der Waals surface area contributed by atoms with E-state index in [1.807, 2.05) is 0 Å². The minimum Gasteiger partial charge on any atom is -0.545 e. The number of quaternary nitrogens is 1. The van der Waals surface area contributed by atoms with Crippen LogP contribution in [0.25, 0.3) is 0 Å². The van der Waals surface area contributed by atoms with Gasteiger partial charge in [-0.2, -0.15) is 0 Å². The van der Waals surface area contributed by atoms with Crippen LogP contribution in [0.15, 0.2) is 0 Å². The van der Waals surface area contributed by atoms with Crippen LogP contribution in [0.2, 0.25) is 0 Å². The average molecular weight is 286 g/mol. The van der Waals surface area contributed by atoms with E-state index in [0.29, 0.717) is 17.1 Å². The molecule has 1 aromatic rings. The molecule has 0 saturated heterocycles. The van der Waals surface area contributed by atoms with Crippen molar-refractivity contribution in [1.82, 2.24) is 0 Å². The highest BCUT2D eigenvalue weighted by Gasteiger charge is 2.17. The van der Waals surface area contributed by atoms with E-state index >= 15 is 0 Å². The van der Waals surface area contributed by atoms with Crippen molar-refractivity contribution >= 4 is 28.2 Å². The molecule has 1 heterocycles. The molecule has 6 nitrogen and oxygen atoms in total. The lowest BCUT2D eigenvalue weighted by molar-refractivity contribution is -0.871. The second-order valence-electron chi connectivity index (χ2n) is 4.43. The van der Waals surface area contributed by atoms with E-state index in [2.05, 4.69) is 5.32 Å². The predicted molar refractivity (Wildman–Crippen MR) is 70.5 cm³/mol. The number of carboxylic acids is 1. The number of anilines is 1. The number of rotatable bonds is 6. The summed E-state index contributed by atoms with van der Waals surface area (Å²) in [6.45, 7) is 4.12. The van der Waals surface area contributed by atoms with Gasteiger partial charge in [-0.1, -0.05) is 0 Å². The van der Waals surface area contributed by atoms with Crippen molar-refractivity contribution in [3.63, 3.8) is 0 Å². The summed E-state index contributed by atoms with van der Waals surface area (Å²) in [5, 5.41) is 22.7. The fraction of sp³-hybridized carbons (Fsp3) is 0.500. The molecule has 1 atom stereocenters. The highest BCUT2D eigenvalue weighted by molar-refractivity contribution is 7.16. The third-order valence-electron chi connectivity index (χ3n) is 2.84. The first kappa shape index (κ1) is 15.6. The highest BCUT2D eigenvalue weighted by atomic mass is 32.1. The Bertz CT molecular complexity index is 484. The average Bonchev–Trinajstić information content (AvgIpc) is 2.54. The van der Waals surface area contributed by atoms with Crippen LogP contribution in [0.1, 0.15) is 20.8 Å². The molecule has 19 heavy (non-hydrogen) atoms. The number of hydrogen-bond acceptors (Lipinski definition) is 5. The number of aliphatic hydroxyl groups is 1. The summed E-state index contributed by atoms with van der Waals surface area (Å²) >= 11 is 1.23. The number of hydrogen-bond donors (Lipinski definition) is 3. The Morgan fingerprint density at radius 1 is 1.42 bits per heavy atom. The summed E-state index contributed by atoms with van der Waals surface area (Å²) in [7, 11) is 1.78. The maximum absolute atomic E-state index is 11.8. The molecule has 7 heteroatoms. The smallest absolute Gasteiger partial charge is 0.280 e. The number of aromatic carboxylic acids is 1. The molecule has 0 radical (unpaired) electrons. The molecule has 0 bridgehead atoms. The molecule has 0 fully saturated rings. The Labute approximate surface area is 115 Å². The number of aliphatic hydroxyl groups excluding tert-OH is 1. The fourth-order valence-electron chi connectivity index (χ4n) is 1.68. The number of aryl methyl sites for hydroxylation is 1. The molecular weight excluding hydrogens is 268 g/mol. The molecule has 1 rings (SSSR count). The first-order chi connectivity index (χ1) is 8.86. The summed E-state index contributed by atoms with van der Waals surface area (Å²) in [6.07, 6.45) is 0. The van der Waals surface area contributed by atoms with Crippen molar-refractivity contribution < 1.29 is 24.7 Å². The Kier molecular flexibility index (Phi) is 5.46. The van der Waals surface area contributed by atoms with Gasteiger partial charge in [-0.15, -0.1) is 11.3 Å². The zero-order chi connectivity index (χ0) is 14.6. The predicted octanol–water partition coefficient (Wildman–Crippen LogP) is -1.83. The van der Waals surface area contributed by atoms with Gasteiger partial charge in [-0.05, 0) is 19.4 Å². The van der Waals surface area contributed by atoms with E-state index in [9.17, 15) is 14.7 Å². The van der Waals surface area contributed by atoms with Crippen LogP contribution in [0.5, 0.6) is 0 Å². The van der Waals surface area contributed by atoms with Crippen molar-refractivity contribution in [2.75, 3.05) is 32.1 Å². The monoisotopic (exact) mass is 286 g/mol. The van der Waals surface area contributed by atoms with E-state index in [0.717, 1.165) is 9.78 Å². The van der Waals surface area contributed by atoms with Crippen LogP contribution in [0.4, 0.5) is 5.00 Å². The minimum atomic E-state index is -1.28. The summed E-state index contributed by atoms with van der Waals surface area (Å²) < 4.78 is 0. The first-order valence-corrected chi connectivity index (χ1v) is 6.71. The van der Waals surface area contributed by atoms with E-state index in [4.69, 9.17) is 5.11 Å². The second-order valence-corrected chi connectivity index (χ2v) is 5.66. The summed E-state index contributed by atoms with van der Waals surface area (Å²) in [6, 6.07) is 0. The third kappa shape index (κ3) is 4.02. The Balaban J connectivity index is 2.80. The number of thiophene rings is 1. The van der Waals surface area contributed by atoms with Gasteiger partial charge in [0.15, 0.2) is 6.54 Å². The zero-order valence-electron chi connectivity index (χ0n) is 11.2. The lowest BCUT2D eigenvalue weighted by Gasteiger charge is -2.12. The molecule has 0 aliphatic carbocycles. The summed E-state index contributed by atoms with van der Waals surface area (Å²) in [5.41, 5.74) is 0.673. The van der Waals surface area contributed by atoms with Gasteiger partial charge in [0.2, 0.25) is 0 Å². The van der Waals surface area contributed by atoms with Gasteiger partial charge in [-0.25, -0.2) is 0 Å². The molecule has 1 aromatic heterocycles. The van der Waals surface area contributed by atoms with E-state index < -0.39 is 5.97 Å². The molecule has 0 aliphatic rings. The Hall–Kier alpha value is -1.44. The van der Waals surface area contributed by atoms with Gasteiger partial charge >= 0.3 is 0 Å². The second kappa shape index (κ2) is 6.65. The SMILES string of the molecule is Cc1sc(NC(=O)C[NH+](C)CCO)c(C(=O)[O-])c1C. The maximum atomic E-state index is 11.8. The Morgan fingerprint density at radius 2 is 2.05 bits per heavy atom. The molecule has 1 amide bonds. The van der Waals surface area contributed by atoms with Crippen LogP contribution in [0, 0.1) is 13.8 Å². The molecule has 0 aliphatic heterocycles. The van der Waals surface area contributed by atoms with Crippen LogP contribution >= 0.6 is 11.3 Å². The van der Waals surface area contributed by atoms with Gasteiger partial charge in [0.05, 0.1) is 19.6 Å². The molecule has 1 unspecified atom stereocenters. The molecule has 3 N–H and O–H groups in total. The highest BCUT2D eigenvalue weighted by Crippen LogP contribution is 2.31. The zero-order valence-corrected chi connectivity index (χ0v) is 12.0. The largest absolute Gasteiger partial charge is 0.545 e. The number of likely N-dealkylation sites (N-methyl/N-ethyl adjacent to an activating group) is 1. The van der Waals surface area contributed by atoms with Gasteiger partial charge in [-0.3, -0.25) is 4.79 Å². The minimum absolute atomic E-state index is 0.000623. The number of amides is 1. The molecular formula is C12H18N2O4S. The molecule has 106 valence electrons. The quantitative estimate of drug-likeness (QED) is 0.574. The van der Waals surface area contributed by atoms with E-state index in [1.165, 1.54) is 11.3 Å². The summed E-state index contributed by atoms with van der Waals surface area (Å²) in [5.74, 6) is -1.57. The molecule has 0 saturated carbocycles. The first-order valence-electron chi connectivity index (χ1n) is 5.90. The maximum Gasteiger partial charge on any atom is 0.280 e. The van der Waals surface area contributed by atoms with Crippen LogP contribution < -0.4 is 15.3 Å². The van der Waals surface area contributed by atoms with Crippen molar-refractivity contribution in [3.05, 3.63) is 16.0 Å². The fourth-order valence-corrected chi connectivity index (χ4v) is 2.75. The van der Waals surface area contributed by atoms with Crippen LogP contribution in [-0.2, 0) is 4.79 Å². The van der Waals surface area contributed by atoms with E-state index in [1.54, 1.807) is 20.9 Å². The lowest BCUT2D eigenvalue weighted by atomic mass is 10.1. The topological polar surface area (TPSA) is 93.9 Å². The van der Waals surface area contributed by atoms with Gasteiger partial charge in [0.25, 0.3) is 5.91 Å². The van der Waals surface area contributed by atoms with Gasteiger partial charge in [0.1, 0.15) is 11.5 Å². The number of carboxylic acid groups (broad SMARTS) is 1. The molecule has 0 spiro atoms. The van der Waals surface area contributed by atoms with E-state index in [-0.39, 0.29) is 24.6 Å². The number of nitrogens with one attached hydrogen (secondary N) is 2. The number of carbonyl (C=O) groups is 2. The Morgan fingerprint density at radius 3 is 2.58 bits per heavy atom. The van der Waals surface area contributed by atoms with Gasteiger partial charge in [0, 0.05) is 10.4 Å². The van der Waals surface area contributed by atoms with Crippen molar-refractivity contribution in [1.29, 1.82) is 0 Å². The third-order valence-corrected chi connectivity index (χ3v) is 3.97. The van der Waals surface area contributed by atoms with Crippen LogP contribution in [0.3, 0.4) is 0 Å².